The van der Waals surface area contributed by atoms with Crippen molar-refractivity contribution >= 4 is 33.1 Å². The number of rotatable bonds is 5. The zero-order valence-electron chi connectivity index (χ0n) is 15.8. The molecule has 1 fully saturated rings. The highest BCUT2D eigenvalue weighted by Crippen LogP contribution is 2.27. The second-order valence-corrected chi connectivity index (χ2v) is 9.74. The van der Waals surface area contributed by atoms with Crippen molar-refractivity contribution in [1.29, 1.82) is 0 Å². The topological polar surface area (TPSA) is 113 Å². The molecule has 2 N–H and O–H groups in total. The van der Waals surface area contributed by atoms with Crippen LogP contribution in [0.2, 0.25) is 5.15 Å². The Morgan fingerprint density at radius 3 is 2.67 bits per heavy atom. The molecule has 9 nitrogen and oxygen atoms in total. The number of piperidine rings is 1. The molecule has 3 heterocycles. The first kappa shape index (κ1) is 20.2. The van der Waals surface area contributed by atoms with E-state index in [0.717, 1.165) is 12.1 Å². The van der Waals surface area contributed by atoms with E-state index < -0.39 is 16.1 Å². The lowest BCUT2D eigenvalue weighted by Gasteiger charge is -2.34. The summed E-state index contributed by atoms with van der Waals surface area (Å²) < 4.78 is 26.3. The molecule has 150 valence electrons. The van der Waals surface area contributed by atoms with Gasteiger partial charge in [0.05, 0.1) is 24.6 Å². The molecule has 1 aliphatic heterocycles. The average molecular weight is 417 g/mol. The number of anilines is 1. The first-order valence-electron chi connectivity index (χ1n) is 8.88. The molecule has 0 aromatic carbocycles. The monoisotopic (exact) mass is 416 g/mol. The van der Waals surface area contributed by atoms with Gasteiger partial charge in [0.15, 0.2) is 5.15 Å². The van der Waals surface area contributed by atoms with Crippen LogP contribution in [0.5, 0.6) is 0 Å². The fourth-order valence-corrected chi connectivity index (χ4v) is 4.14. The Kier molecular flexibility index (Phi) is 5.62. The normalized spacial score (nSPS) is 23.1. The third-order valence-corrected chi connectivity index (χ3v) is 6.66. The van der Waals surface area contributed by atoms with E-state index in [-0.39, 0.29) is 18.5 Å². The highest BCUT2D eigenvalue weighted by atomic mass is 35.5. The second-order valence-electron chi connectivity index (χ2n) is 7.40. The van der Waals surface area contributed by atoms with Crippen LogP contribution in [0.15, 0.2) is 6.20 Å². The van der Waals surface area contributed by atoms with Gasteiger partial charge in [-0.05, 0) is 12.3 Å². The third-order valence-electron chi connectivity index (χ3n) is 5.11. The summed E-state index contributed by atoms with van der Waals surface area (Å²) in [6.07, 6.45) is 2.34. The highest BCUT2D eigenvalue weighted by Gasteiger charge is 2.32. The molecule has 3 rings (SSSR count). The van der Waals surface area contributed by atoms with Crippen LogP contribution in [0.3, 0.4) is 0 Å². The quantitative estimate of drug-likeness (QED) is 0.756. The number of sulfonamides is 1. The summed E-state index contributed by atoms with van der Waals surface area (Å²) in [4.78, 5) is 8.70. The number of hydrogen-bond donors (Lipinski definition) is 2. The third kappa shape index (κ3) is 4.18. The molecule has 1 aliphatic rings. The standard InChI is InChI=1S/C16H25ClN6O3S/c1-9(2)10(3)15-20-14(17)12-7-18-16(21-23(12)15)19-11-5-6-22(8-13(11)24)27(4,25)26/h7,9-11,13,24H,5-6,8H2,1-4H3,(H,19,21)/t10?,11-,13-/m1/s1. The van der Waals surface area contributed by atoms with E-state index >= 15 is 0 Å². The van der Waals surface area contributed by atoms with E-state index in [4.69, 9.17) is 11.6 Å². The predicted molar refractivity (Wildman–Crippen MR) is 103 cm³/mol. The first-order valence-corrected chi connectivity index (χ1v) is 11.1. The van der Waals surface area contributed by atoms with Gasteiger partial charge < -0.3 is 10.4 Å². The van der Waals surface area contributed by atoms with Crippen molar-refractivity contribution in [3.8, 4) is 0 Å². The number of imidazole rings is 1. The number of aromatic nitrogens is 4. The van der Waals surface area contributed by atoms with Crippen molar-refractivity contribution in [3.63, 3.8) is 0 Å². The summed E-state index contributed by atoms with van der Waals surface area (Å²) in [6.45, 7) is 6.65. The Morgan fingerprint density at radius 1 is 1.37 bits per heavy atom. The van der Waals surface area contributed by atoms with Crippen molar-refractivity contribution in [2.75, 3.05) is 24.7 Å². The Balaban J connectivity index is 1.83. The molecule has 27 heavy (non-hydrogen) atoms. The number of hydrogen-bond acceptors (Lipinski definition) is 7. The molecule has 2 aromatic heterocycles. The van der Waals surface area contributed by atoms with Gasteiger partial charge in [0.25, 0.3) is 0 Å². The smallest absolute Gasteiger partial charge is 0.241 e. The maximum Gasteiger partial charge on any atom is 0.241 e. The average Bonchev–Trinajstić information content (AvgIpc) is 2.91. The number of halogens is 1. The lowest BCUT2D eigenvalue weighted by atomic mass is 9.98. The van der Waals surface area contributed by atoms with Crippen LogP contribution in [-0.4, -0.2) is 68.9 Å². The number of β-amino-alcohol motifs (C(OH)–C–C–N with tert-alkyl or cyclic N) is 1. The van der Waals surface area contributed by atoms with Crippen LogP contribution in [0.1, 0.15) is 38.9 Å². The number of aliphatic hydroxyl groups excluding tert-OH is 1. The SMILES string of the molecule is CC(C)C(C)c1nc(Cl)c2cnc(N[C@@H]3CCN(S(C)(=O)=O)C[C@H]3O)nn12. The molecule has 1 saturated heterocycles. The van der Waals surface area contributed by atoms with Crippen molar-refractivity contribution in [1.82, 2.24) is 23.9 Å². The summed E-state index contributed by atoms with van der Waals surface area (Å²) in [7, 11) is -3.32. The van der Waals surface area contributed by atoms with Gasteiger partial charge in [0, 0.05) is 19.0 Å². The number of fused-ring (bicyclic) bond motifs is 1. The van der Waals surface area contributed by atoms with Gasteiger partial charge in [0.2, 0.25) is 16.0 Å². The Labute approximate surface area is 163 Å². The maximum atomic E-state index is 11.6. The van der Waals surface area contributed by atoms with Gasteiger partial charge in [-0.2, -0.15) is 4.31 Å². The van der Waals surface area contributed by atoms with Crippen LogP contribution < -0.4 is 5.32 Å². The molecule has 0 spiro atoms. The van der Waals surface area contributed by atoms with Crippen LogP contribution in [-0.2, 0) is 10.0 Å². The van der Waals surface area contributed by atoms with Crippen LogP contribution >= 0.6 is 11.6 Å². The Hall–Kier alpha value is -1.49. The van der Waals surface area contributed by atoms with Crippen molar-refractivity contribution in [2.45, 2.75) is 45.3 Å². The van der Waals surface area contributed by atoms with E-state index in [1.54, 1.807) is 10.7 Å². The van der Waals surface area contributed by atoms with E-state index in [1.807, 2.05) is 0 Å². The van der Waals surface area contributed by atoms with E-state index in [2.05, 4.69) is 41.2 Å². The zero-order chi connectivity index (χ0) is 19.9. The predicted octanol–water partition coefficient (Wildman–Crippen LogP) is 1.34. The highest BCUT2D eigenvalue weighted by molar-refractivity contribution is 7.88. The lowest BCUT2D eigenvalue weighted by Crippen LogP contribution is -2.51. The Bertz CT molecular complexity index is 932. The minimum atomic E-state index is -3.32. The van der Waals surface area contributed by atoms with Crippen LogP contribution in [0.4, 0.5) is 5.95 Å². The fourth-order valence-electron chi connectivity index (χ4n) is 3.07. The summed E-state index contributed by atoms with van der Waals surface area (Å²) in [6, 6.07) is -0.342. The maximum absolute atomic E-state index is 11.6. The fraction of sp³-hybridized carbons (Fsp3) is 0.688. The first-order chi connectivity index (χ1) is 12.6. The molecule has 0 aliphatic carbocycles. The molecule has 2 aromatic rings. The summed E-state index contributed by atoms with van der Waals surface area (Å²) in [5.74, 6) is 1.60. The number of nitrogens with one attached hydrogen (secondary N) is 1. The summed E-state index contributed by atoms with van der Waals surface area (Å²) >= 11 is 6.22. The zero-order valence-corrected chi connectivity index (χ0v) is 17.4. The van der Waals surface area contributed by atoms with Crippen LogP contribution in [0.25, 0.3) is 5.52 Å². The summed E-state index contributed by atoms with van der Waals surface area (Å²) in [5.41, 5.74) is 0.622. The molecular formula is C16H25ClN6O3S. The number of aliphatic hydroxyl groups is 1. The molecule has 11 heteroatoms. The van der Waals surface area contributed by atoms with Gasteiger partial charge in [-0.15, -0.1) is 5.10 Å². The Morgan fingerprint density at radius 2 is 2.07 bits per heavy atom. The van der Waals surface area contributed by atoms with E-state index in [1.165, 1.54) is 4.31 Å². The summed E-state index contributed by atoms with van der Waals surface area (Å²) in [5, 5.41) is 18.3. The van der Waals surface area contributed by atoms with Crippen molar-refractivity contribution in [3.05, 3.63) is 17.2 Å². The van der Waals surface area contributed by atoms with E-state index in [0.29, 0.717) is 35.5 Å². The molecule has 0 amide bonds. The minimum Gasteiger partial charge on any atom is -0.390 e. The van der Waals surface area contributed by atoms with Gasteiger partial charge >= 0.3 is 0 Å². The van der Waals surface area contributed by atoms with Crippen LogP contribution in [0, 0.1) is 5.92 Å². The molecule has 1 unspecified atom stereocenters. The van der Waals surface area contributed by atoms with Gasteiger partial charge in [-0.25, -0.2) is 22.9 Å². The molecule has 3 atom stereocenters. The van der Waals surface area contributed by atoms with Gasteiger partial charge in [-0.1, -0.05) is 32.4 Å². The van der Waals surface area contributed by atoms with E-state index in [9.17, 15) is 13.5 Å². The molecule has 0 bridgehead atoms. The van der Waals surface area contributed by atoms with Gasteiger partial charge in [-0.3, -0.25) is 0 Å². The molecule has 0 saturated carbocycles. The second kappa shape index (κ2) is 7.50. The largest absolute Gasteiger partial charge is 0.390 e. The minimum absolute atomic E-state index is 0.0469. The van der Waals surface area contributed by atoms with Crippen molar-refractivity contribution < 1.29 is 13.5 Å². The van der Waals surface area contributed by atoms with Gasteiger partial charge in [0.1, 0.15) is 11.3 Å². The number of nitrogens with zero attached hydrogens (tertiary/aromatic N) is 5. The van der Waals surface area contributed by atoms with Crippen molar-refractivity contribution in [2.24, 2.45) is 5.92 Å². The lowest BCUT2D eigenvalue weighted by molar-refractivity contribution is 0.0950. The molecular weight excluding hydrogens is 392 g/mol. The molecule has 0 radical (unpaired) electrons.